The normalized spacial score (nSPS) is 12.4. The van der Waals surface area contributed by atoms with Gasteiger partial charge in [-0.3, -0.25) is 9.80 Å². The summed E-state index contributed by atoms with van der Waals surface area (Å²) >= 11 is 0. The van der Waals surface area contributed by atoms with E-state index in [0.29, 0.717) is 25.2 Å². The van der Waals surface area contributed by atoms with E-state index in [1.165, 1.54) is 11.1 Å². The Labute approximate surface area is 172 Å². The smallest absolute Gasteiger partial charge is 0.0598 e. The molecule has 0 aromatic heterocycles. The molecule has 0 aliphatic carbocycles. The van der Waals surface area contributed by atoms with Gasteiger partial charge in [0.15, 0.2) is 0 Å². The number of hydrogen-bond donors (Lipinski definition) is 0. The van der Waals surface area contributed by atoms with Crippen LogP contribution in [0.4, 0.5) is 0 Å². The first-order valence-electron chi connectivity index (χ1n) is 9.83. The fraction of sp³-hybridized carbons (Fsp3) is 0.385. The molecule has 0 aliphatic rings. The summed E-state index contributed by atoms with van der Waals surface area (Å²) in [4.78, 5) is 4.38. The lowest BCUT2D eigenvalue weighted by molar-refractivity contribution is 0.287. The molecular formula is C26H34N2. The first kappa shape index (κ1) is 23.5. The van der Waals surface area contributed by atoms with Gasteiger partial charge in [-0.1, -0.05) is 72.5 Å². The minimum absolute atomic E-state index is 0.494. The van der Waals surface area contributed by atoms with Crippen molar-refractivity contribution in [1.29, 1.82) is 0 Å². The molecule has 2 atom stereocenters. The Morgan fingerprint density at radius 1 is 0.679 bits per heavy atom. The van der Waals surface area contributed by atoms with Gasteiger partial charge in [-0.05, 0) is 51.9 Å². The Kier molecular flexibility index (Phi) is 11.4. The number of terminal acetylenes is 2. The highest BCUT2D eigenvalue weighted by molar-refractivity contribution is 5.16. The Bertz CT molecular complexity index is 659. The minimum atomic E-state index is 0.494. The van der Waals surface area contributed by atoms with E-state index in [1.54, 1.807) is 0 Å². The summed E-state index contributed by atoms with van der Waals surface area (Å²) in [7, 11) is 4.13. The van der Waals surface area contributed by atoms with E-state index in [1.807, 2.05) is 12.1 Å². The topological polar surface area (TPSA) is 6.48 Å². The van der Waals surface area contributed by atoms with E-state index in [9.17, 15) is 0 Å². The molecule has 0 N–H and O–H groups in total. The Balaban J connectivity index is 0.000000280. The van der Waals surface area contributed by atoms with Crippen molar-refractivity contribution < 1.29 is 0 Å². The summed E-state index contributed by atoms with van der Waals surface area (Å²) < 4.78 is 0. The molecule has 2 aromatic carbocycles. The Morgan fingerprint density at radius 3 is 1.29 bits per heavy atom. The van der Waals surface area contributed by atoms with Crippen molar-refractivity contribution in [1.82, 2.24) is 9.80 Å². The first-order valence-corrected chi connectivity index (χ1v) is 9.83. The molecule has 2 nitrogen and oxygen atoms in total. The van der Waals surface area contributed by atoms with Crippen LogP contribution in [0.2, 0.25) is 0 Å². The van der Waals surface area contributed by atoms with Crippen molar-refractivity contribution in [2.75, 3.05) is 27.2 Å². The van der Waals surface area contributed by atoms with Gasteiger partial charge in [0, 0.05) is 12.1 Å². The molecule has 0 saturated heterocycles. The molecule has 28 heavy (non-hydrogen) atoms. The van der Waals surface area contributed by atoms with Crippen LogP contribution >= 0.6 is 0 Å². The fourth-order valence-corrected chi connectivity index (χ4v) is 2.82. The second kappa shape index (κ2) is 13.6. The second-order valence-electron chi connectivity index (χ2n) is 7.32. The summed E-state index contributed by atoms with van der Waals surface area (Å²) in [5, 5.41) is 0. The van der Waals surface area contributed by atoms with Crippen LogP contribution in [-0.4, -0.2) is 49.1 Å². The van der Waals surface area contributed by atoms with Gasteiger partial charge in [0.05, 0.1) is 13.1 Å². The zero-order valence-corrected chi connectivity index (χ0v) is 17.8. The van der Waals surface area contributed by atoms with E-state index in [-0.39, 0.29) is 0 Å². The van der Waals surface area contributed by atoms with E-state index >= 15 is 0 Å². The predicted octanol–water partition coefficient (Wildman–Crippen LogP) is 4.37. The molecule has 0 saturated carbocycles. The van der Waals surface area contributed by atoms with E-state index in [4.69, 9.17) is 12.8 Å². The first-order chi connectivity index (χ1) is 13.5. The number of nitrogens with zero attached hydrogens (tertiary/aromatic N) is 2. The zero-order valence-electron chi connectivity index (χ0n) is 17.8. The lowest BCUT2D eigenvalue weighted by Gasteiger charge is -2.22. The third kappa shape index (κ3) is 9.43. The standard InChI is InChI=1S/2C13H17N/c2*1-4-10-14(3)12(2)11-13-8-6-5-7-9-13/h2*1,5-9,12H,10-11H2,2-3H3/t12-;/m1./s1. The molecule has 0 aliphatic heterocycles. The highest BCUT2D eigenvalue weighted by atomic mass is 15.1. The van der Waals surface area contributed by atoms with Crippen molar-refractivity contribution in [3.8, 4) is 24.7 Å². The molecule has 0 amide bonds. The summed E-state index contributed by atoms with van der Waals surface area (Å²) in [6.45, 7) is 5.83. The molecular weight excluding hydrogens is 340 g/mol. The maximum absolute atomic E-state index is 5.27. The van der Waals surface area contributed by atoms with Crippen molar-refractivity contribution in [2.24, 2.45) is 0 Å². The van der Waals surface area contributed by atoms with Gasteiger partial charge in [-0.15, -0.1) is 12.8 Å². The number of rotatable bonds is 8. The summed E-state index contributed by atoms with van der Waals surface area (Å²) in [5.41, 5.74) is 2.73. The number of benzene rings is 2. The van der Waals surface area contributed by atoms with Gasteiger partial charge in [-0.2, -0.15) is 0 Å². The SMILES string of the molecule is C#CCN(C)C(C)Cc1ccccc1.C#CCN(C)[C@H](C)Cc1ccccc1. The Morgan fingerprint density at radius 2 is 1.00 bits per heavy atom. The quantitative estimate of drug-likeness (QED) is 0.633. The van der Waals surface area contributed by atoms with E-state index in [2.05, 4.69) is 98.1 Å². The zero-order chi connectivity index (χ0) is 20.8. The lowest BCUT2D eigenvalue weighted by Crippen LogP contribution is -2.31. The lowest BCUT2D eigenvalue weighted by atomic mass is 10.1. The molecule has 1 unspecified atom stereocenters. The van der Waals surface area contributed by atoms with Gasteiger partial charge in [0.2, 0.25) is 0 Å². The summed E-state index contributed by atoms with van der Waals surface area (Å²) in [6, 6.07) is 22.0. The van der Waals surface area contributed by atoms with E-state index < -0.39 is 0 Å². The summed E-state index contributed by atoms with van der Waals surface area (Å²) in [6.07, 6.45) is 12.6. The fourth-order valence-electron chi connectivity index (χ4n) is 2.82. The van der Waals surface area contributed by atoms with E-state index in [0.717, 1.165) is 12.8 Å². The van der Waals surface area contributed by atoms with Crippen molar-refractivity contribution >= 4 is 0 Å². The van der Waals surface area contributed by atoms with Crippen LogP contribution in [0.25, 0.3) is 0 Å². The van der Waals surface area contributed by atoms with Gasteiger partial charge in [0.25, 0.3) is 0 Å². The molecule has 0 bridgehead atoms. The molecule has 2 heteroatoms. The third-order valence-electron chi connectivity index (χ3n) is 4.93. The monoisotopic (exact) mass is 374 g/mol. The van der Waals surface area contributed by atoms with Crippen LogP contribution in [-0.2, 0) is 12.8 Å². The highest BCUT2D eigenvalue weighted by Gasteiger charge is 2.08. The van der Waals surface area contributed by atoms with Crippen LogP contribution < -0.4 is 0 Å². The molecule has 148 valence electrons. The van der Waals surface area contributed by atoms with Crippen molar-refractivity contribution in [3.63, 3.8) is 0 Å². The van der Waals surface area contributed by atoms with Crippen molar-refractivity contribution in [2.45, 2.75) is 38.8 Å². The molecule has 2 aromatic rings. The number of hydrogen-bond acceptors (Lipinski definition) is 2. The van der Waals surface area contributed by atoms with Crippen molar-refractivity contribution in [3.05, 3.63) is 71.8 Å². The average Bonchev–Trinajstić information content (AvgIpc) is 2.70. The maximum atomic E-state index is 5.27. The van der Waals surface area contributed by atoms with Crippen LogP contribution in [0.15, 0.2) is 60.7 Å². The second-order valence-corrected chi connectivity index (χ2v) is 7.32. The van der Waals surface area contributed by atoms with Gasteiger partial charge < -0.3 is 0 Å². The average molecular weight is 375 g/mol. The molecule has 2 rings (SSSR count). The maximum Gasteiger partial charge on any atom is 0.0598 e. The summed E-state index contributed by atoms with van der Waals surface area (Å²) in [5.74, 6) is 5.32. The number of likely N-dealkylation sites (N-methyl/N-ethyl adjacent to an activating group) is 2. The minimum Gasteiger partial charge on any atom is -0.292 e. The van der Waals surface area contributed by atoms with Crippen LogP contribution in [0, 0.1) is 24.7 Å². The molecule has 0 heterocycles. The molecule has 0 fully saturated rings. The largest absolute Gasteiger partial charge is 0.292 e. The van der Waals surface area contributed by atoms with Gasteiger partial charge in [0.1, 0.15) is 0 Å². The highest BCUT2D eigenvalue weighted by Crippen LogP contribution is 2.07. The predicted molar refractivity (Wildman–Crippen MR) is 122 cm³/mol. The third-order valence-corrected chi connectivity index (χ3v) is 4.93. The van der Waals surface area contributed by atoms with Gasteiger partial charge in [-0.25, -0.2) is 0 Å². The Hall–Kier alpha value is -2.52. The van der Waals surface area contributed by atoms with Crippen LogP contribution in [0.3, 0.4) is 0 Å². The molecule has 0 spiro atoms. The molecule has 0 radical (unpaired) electrons. The van der Waals surface area contributed by atoms with Crippen LogP contribution in [0.5, 0.6) is 0 Å². The van der Waals surface area contributed by atoms with Gasteiger partial charge >= 0.3 is 0 Å². The van der Waals surface area contributed by atoms with Crippen LogP contribution in [0.1, 0.15) is 25.0 Å².